The number of hydrogen-bond donors (Lipinski definition) is 1. The molecule has 1 aromatic carbocycles. The molecule has 1 aliphatic heterocycles. The summed E-state index contributed by atoms with van der Waals surface area (Å²) >= 11 is 0. The Kier molecular flexibility index (Phi) is 8.10. The summed E-state index contributed by atoms with van der Waals surface area (Å²) in [5.74, 6) is -1.84. The number of benzene rings is 1. The number of hydrogen-bond acceptors (Lipinski definition) is 4. The Labute approximate surface area is 185 Å². The van der Waals surface area contributed by atoms with Gasteiger partial charge in [0.2, 0.25) is 5.91 Å². The van der Waals surface area contributed by atoms with E-state index in [0.717, 1.165) is 37.7 Å². The molecule has 2 aliphatic rings. The van der Waals surface area contributed by atoms with E-state index in [1.807, 2.05) is 37.3 Å². The standard InChI is InChI=1S/C25H35NO5/c1-3-31-25(30)20(14-13-18-9-5-4-6-10-18)15-17(2)23(27)26-21-12-8-7-11-19(21)16-22(26)24(28)29/h4-6,9-10,17,19-22H,3,7-8,11-16H2,1-2H3,(H,28,29). The zero-order chi connectivity index (χ0) is 22.4. The molecule has 6 heteroatoms. The van der Waals surface area contributed by atoms with E-state index in [1.165, 1.54) is 0 Å². The average Bonchev–Trinajstić information content (AvgIpc) is 3.16. The van der Waals surface area contributed by atoms with E-state index in [1.54, 1.807) is 11.8 Å². The van der Waals surface area contributed by atoms with Gasteiger partial charge in [-0.05, 0) is 56.9 Å². The molecule has 0 spiro atoms. The van der Waals surface area contributed by atoms with Crippen molar-refractivity contribution in [1.29, 1.82) is 0 Å². The molecule has 1 heterocycles. The molecule has 31 heavy (non-hydrogen) atoms. The van der Waals surface area contributed by atoms with Gasteiger partial charge >= 0.3 is 11.9 Å². The average molecular weight is 430 g/mol. The van der Waals surface area contributed by atoms with Gasteiger partial charge in [-0.15, -0.1) is 0 Å². The van der Waals surface area contributed by atoms with Gasteiger partial charge < -0.3 is 14.7 Å². The van der Waals surface area contributed by atoms with Crippen molar-refractivity contribution in [1.82, 2.24) is 4.90 Å². The number of carboxylic acids is 1. The van der Waals surface area contributed by atoms with E-state index in [9.17, 15) is 19.5 Å². The maximum atomic E-state index is 13.4. The fourth-order valence-electron chi connectivity index (χ4n) is 5.36. The zero-order valence-electron chi connectivity index (χ0n) is 18.7. The van der Waals surface area contributed by atoms with Crippen LogP contribution >= 0.6 is 0 Å². The maximum Gasteiger partial charge on any atom is 0.326 e. The molecule has 5 unspecified atom stereocenters. The second-order valence-corrected chi connectivity index (χ2v) is 9.06. The Balaban J connectivity index is 1.70. The molecule has 170 valence electrons. The maximum absolute atomic E-state index is 13.4. The Morgan fingerprint density at radius 3 is 2.55 bits per heavy atom. The highest BCUT2D eigenvalue weighted by Gasteiger charge is 2.48. The smallest absolute Gasteiger partial charge is 0.326 e. The van der Waals surface area contributed by atoms with Crippen LogP contribution in [0.4, 0.5) is 0 Å². The van der Waals surface area contributed by atoms with Crippen LogP contribution in [-0.2, 0) is 25.5 Å². The van der Waals surface area contributed by atoms with Crippen LogP contribution < -0.4 is 0 Å². The van der Waals surface area contributed by atoms with Gasteiger partial charge in [-0.1, -0.05) is 50.1 Å². The van der Waals surface area contributed by atoms with Crippen LogP contribution in [0.5, 0.6) is 0 Å². The minimum atomic E-state index is -0.916. The number of esters is 1. The SMILES string of the molecule is CCOC(=O)C(CCc1ccccc1)CC(C)C(=O)N1C(C(=O)O)CC2CCCCC21. The predicted octanol–water partition coefficient (Wildman–Crippen LogP) is 4.07. The quantitative estimate of drug-likeness (QED) is 0.598. The van der Waals surface area contributed by atoms with E-state index >= 15 is 0 Å². The summed E-state index contributed by atoms with van der Waals surface area (Å²) in [6.07, 6.45) is 6.28. The van der Waals surface area contributed by atoms with Crippen molar-refractivity contribution in [3.8, 4) is 0 Å². The molecule has 1 aromatic rings. The predicted molar refractivity (Wildman–Crippen MR) is 117 cm³/mol. The minimum absolute atomic E-state index is 0.0233. The van der Waals surface area contributed by atoms with Crippen molar-refractivity contribution in [2.75, 3.05) is 6.61 Å². The number of nitrogens with zero attached hydrogens (tertiary/aromatic N) is 1. The summed E-state index contributed by atoms with van der Waals surface area (Å²) in [5.41, 5.74) is 1.14. The molecule has 1 N–H and O–H groups in total. The highest BCUT2D eigenvalue weighted by atomic mass is 16.5. The van der Waals surface area contributed by atoms with Crippen molar-refractivity contribution in [2.45, 2.75) is 77.3 Å². The topological polar surface area (TPSA) is 83.9 Å². The number of carboxylic acid groups (broad SMARTS) is 1. The van der Waals surface area contributed by atoms with Gasteiger partial charge in [-0.3, -0.25) is 9.59 Å². The van der Waals surface area contributed by atoms with Crippen LogP contribution in [0.3, 0.4) is 0 Å². The number of amides is 1. The van der Waals surface area contributed by atoms with Gasteiger partial charge in [0, 0.05) is 12.0 Å². The first kappa shape index (κ1) is 23.3. The highest BCUT2D eigenvalue weighted by Crippen LogP contribution is 2.41. The number of fused-ring (bicyclic) bond motifs is 1. The second-order valence-electron chi connectivity index (χ2n) is 9.06. The van der Waals surface area contributed by atoms with Crippen LogP contribution in [0.15, 0.2) is 30.3 Å². The van der Waals surface area contributed by atoms with Crippen molar-refractivity contribution in [3.63, 3.8) is 0 Å². The molecule has 3 rings (SSSR count). The Morgan fingerprint density at radius 2 is 1.87 bits per heavy atom. The second kappa shape index (κ2) is 10.8. The number of aliphatic carboxylic acids is 1. The zero-order valence-corrected chi connectivity index (χ0v) is 18.7. The molecular formula is C25H35NO5. The summed E-state index contributed by atoms with van der Waals surface area (Å²) in [5, 5.41) is 9.74. The molecule has 0 radical (unpaired) electrons. The molecule has 1 aliphatic carbocycles. The number of rotatable bonds is 9. The van der Waals surface area contributed by atoms with Gasteiger partial charge in [0.15, 0.2) is 0 Å². The third-order valence-corrected chi connectivity index (χ3v) is 6.93. The van der Waals surface area contributed by atoms with Crippen LogP contribution in [0.1, 0.15) is 64.4 Å². The minimum Gasteiger partial charge on any atom is -0.480 e. The molecule has 5 atom stereocenters. The third kappa shape index (κ3) is 5.66. The van der Waals surface area contributed by atoms with E-state index in [-0.39, 0.29) is 29.8 Å². The van der Waals surface area contributed by atoms with Gasteiger partial charge in [0.05, 0.1) is 12.5 Å². The van der Waals surface area contributed by atoms with Crippen molar-refractivity contribution in [3.05, 3.63) is 35.9 Å². The Morgan fingerprint density at radius 1 is 1.16 bits per heavy atom. The van der Waals surface area contributed by atoms with Gasteiger partial charge in [0.1, 0.15) is 6.04 Å². The molecular weight excluding hydrogens is 394 g/mol. The molecule has 1 amide bonds. The van der Waals surface area contributed by atoms with Crippen molar-refractivity contribution < 1.29 is 24.2 Å². The lowest BCUT2D eigenvalue weighted by Crippen LogP contribution is -2.48. The lowest BCUT2D eigenvalue weighted by Gasteiger charge is -2.35. The lowest BCUT2D eigenvalue weighted by atomic mass is 9.84. The van der Waals surface area contributed by atoms with E-state index in [4.69, 9.17) is 4.74 Å². The van der Waals surface area contributed by atoms with Gasteiger partial charge in [-0.25, -0.2) is 4.79 Å². The van der Waals surface area contributed by atoms with E-state index in [0.29, 0.717) is 25.9 Å². The Hall–Kier alpha value is -2.37. The first-order valence-corrected chi connectivity index (χ1v) is 11.7. The first-order valence-electron chi connectivity index (χ1n) is 11.7. The summed E-state index contributed by atoms with van der Waals surface area (Å²) < 4.78 is 5.29. The van der Waals surface area contributed by atoms with Crippen LogP contribution in [-0.4, -0.2) is 46.5 Å². The van der Waals surface area contributed by atoms with Crippen LogP contribution in [0.25, 0.3) is 0 Å². The molecule has 2 fully saturated rings. The number of aryl methyl sites for hydroxylation is 1. The number of likely N-dealkylation sites (tertiary alicyclic amines) is 1. The normalized spacial score (nSPS) is 24.8. The summed E-state index contributed by atoms with van der Waals surface area (Å²) in [4.78, 5) is 39.6. The van der Waals surface area contributed by atoms with Crippen LogP contribution in [0.2, 0.25) is 0 Å². The monoisotopic (exact) mass is 429 g/mol. The highest BCUT2D eigenvalue weighted by molar-refractivity contribution is 5.86. The van der Waals surface area contributed by atoms with Gasteiger partial charge in [-0.2, -0.15) is 0 Å². The third-order valence-electron chi connectivity index (χ3n) is 6.93. The molecule has 0 bridgehead atoms. The molecule has 6 nitrogen and oxygen atoms in total. The molecule has 1 saturated heterocycles. The largest absolute Gasteiger partial charge is 0.480 e. The Bertz CT molecular complexity index is 764. The lowest BCUT2D eigenvalue weighted by molar-refractivity contribution is -0.153. The summed E-state index contributed by atoms with van der Waals surface area (Å²) in [6, 6.07) is 9.25. The molecule has 1 saturated carbocycles. The molecule has 0 aromatic heterocycles. The van der Waals surface area contributed by atoms with Crippen molar-refractivity contribution >= 4 is 17.8 Å². The van der Waals surface area contributed by atoms with Crippen molar-refractivity contribution in [2.24, 2.45) is 17.8 Å². The summed E-state index contributed by atoms with van der Waals surface area (Å²) in [7, 11) is 0. The van der Waals surface area contributed by atoms with Gasteiger partial charge in [0.25, 0.3) is 0 Å². The van der Waals surface area contributed by atoms with E-state index in [2.05, 4.69) is 0 Å². The number of ether oxygens (including phenoxy) is 1. The first-order chi connectivity index (χ1) is 14.9. The van der Waals surface area contributed by atoms with Crippen LogP contribution in [0, 0.1) is 17.8 Å². The number of carbonyl (C=O) groups excluding carboxylic acids is 2. The fourth-order valence-corrected chi connectivity index (χ4v) is 5.36. The van der Waals surface area contributed by atoms with E-state index < -0.39 is 17.9 Å². The summed E-state index contributed by atoms with van der Waals surface area (Å²) in [6.45, 7) is 3.91. The fraction of sp³-hybridized carbons (Fsp3) is 0.640. The number of carbonyl (C=O) groups is 3.